The van der Waals surface area contributed by atoms with Crippen molar-refractivity contribution in [3.05, 3.63) is 143 Å². The lowest BCUT2D eigenvalue weighted by atomic mass is 9.34. The van der Waals surface area contributed by atoms with Crippen LogP contribution >= 0.6 is 22.6 Å². The Hall–Kier alpha value is -5.12. The molecule has 9 aromatic rings. The summed E-state index contributed by atoms with van der Waals surface area (Å²) in [6, 6.07) is 53.7. The molecule has 0 saturated heterocycles. The van der Waals surface area contributed by atoms with E-state index < -0.39 is 0 Å². The van der Waals surface area contributed by atoms with Crippen molar-refractivity contribution in [3.8, 4) is 55.6 Å². The van der Waals surface area contributed by atoms with E-state index in [9.17, 15) is 0 Å². The molecule has 4 heterocycles. The van der Waals surface area contributed by atoms with Gasteiger partial charge in [0.05, 0.1) is 0 Å². The molecule has 49 heavy (non-hydrogen) atoms. The molecule has 220 valence electrons. The van der Waals surface area contributed by atoms with Crippen LogP contribution in [0.5, 0.6) is 0 Å². The molecule has 0 saturated carbocycles. The molecule has 4 aliphatic heterocycles. The highest BCUT2D eigenvalue weighted by Crippen LogP contribution is 2.49. The van der Waals surface area contributed by atoms with Gasteiger partial charge in [0.15, 0.2) is 0 Å². The molecular weight excluding hydrogens is 701 g/mol. The fourth-order valence-corrected chi connectivity index (χ4v) is 11.3. The van der Waals surface area contributed by atoms with Crippen molar-refractivity contribution in [2.75, 3.05) is 0 Å². The zero-order valence-corrected chi connectivity index (χ0v) is 28.5. The summed E-state index contributed by atoms with van der Waals surface area (Å²) in [6.07, 6.45) is 0. The van der Waals surface area contributed by atoms with E-state index in [0.29, 0.717) is 0 Å². The first kappa shape index (κ1) is 25.8. The molecule has 0 radical (unpaired) electrons. The zero-order chi connectivity index (χ0) is 31.7. The van der Waals surface area contributed by atoms with Crippen LogP contribution in [0.3, 0.4) is 0 Å². The fourth-order valence-electron chi connectivity index (χ4n) is 10.6. The van der Waals surface area contributed by atoms with Crippen molar-refractivity contribution in [1.82, 2.24) is 0 Å². The lowest BCUT2D eigenvalue weighted by Gasteiger charge is -2.32. The second kappa shape index (κ2) is 8.72. The van der Waals surface area contributed by atoms with Crippen LogP contribution in [0.4, 0.5) is 0 Å². The van der Waals surface area contributed by atoms with E-state index in [4.69, 9.17) is 0 Å². The molecule has 0 unspecified atom stereocenters. The standard InChI is InChI=1S/C46H23B2I/c49-40-23-34-30-17-9-15-28-26-13-4-6-18-36(26)47(46(28)30)38-21-33-31(24-10-2-1-3-11-24)20-32-29-16-8-14-27-25-12-5-7-19-37(25)48(45(27)29)39-22-35(40)44(42(34)38)43(33)41(32)39/h1-23H. The lowest BCUT2D eigenvalue weighted by molar-refractivity contribution is 1.64. The van der Waals surface area contributed by atoms with E-state index in [0.717, 1.165) is 0 Å². The number of rotatable bonds is 1. The van der Waals surface area contributed by atoms with E-state index in [-0.39, 0.29) is 13.4 Å². The van der Waals surface area contributed by atoms with Gasteiger partial charge in [0.25, 0.3) is 0 Å². The molecule has 0 nitrogen and oxygen atoms in total. The molecule has 9 aromatic carbocycles. The molecule has 0 amide bonds. The number of halogens is 1. The van der Waals surface area contributed by atoms with Gasteiger partial charge in [-0.3, -0.25) is 0 Å². The Labute approximate surface area is 298 Å². The zero-order valence-electron chi connectivity index (χ0n) is 26.3. The van der Waals surface area contributed by atoms with Gasteiger partial charge in [-0.2, -0.15) is 0 Å². The maximum atomic E-state index is 2.64. The molecule has 3 heteroatoms. The van der Waals surface area contributed by atoms with E-state index >= 15 is 0 Å². The van der Waals surface area contributed by atoms with Crippen molar-refractivity contribution in [2.24, 2.45) is 0 Å². The number of fused-ring (bicyclic) bond motifs is 10. The Morgan fingerprint density at radius 1 is 0.327 bits per heavy atom. The maximum absolute atomic E-state index is 2.64. The van der Waals surface area contributed by atoms with Gasteiger partial charge in [-0.1, -0.05) is 160 Å². The number of benzene rings is 9. The van der Waals surface area contributed by atoms with Gasteiger partial charge in [-0.15, -0.1) is 0 Å². The minimum Gasteiger partial charge on any atom is -0.0664 e. The Balaban J connectivity index is 1.29. The van der Waals surface area contributed by atoms with Crippen LogP contribution in [0.15, 0.2) is 140 Å². The normalized spacial score (nSPS) is 13.7. The summed E-state index contributed by atoms with van der Waals surface area (Å²) in [6.45, 7) is 0.458. The minimum atomic E-state index is 0.224. The second-order valence-electron chi connectivity index (χ2n) is 14.3. The summed E-state index contributed by atoms with van der Waals surface area (Å²) < 4.78 is 1.33. The Morgan fingerprint density at radius 2 is 0.796 bits per heavy atom. The van der Waals surface area contributed by atoms with Crippen LogP contribution in [0.2, 0.25) is 0 Å². The van der Waals surface area contributed by atoms with Crippen molar-refractivity contribution >= 4 is 101 Å². The first-order valence-electron chi connectivity index (χ1n) is 17.3. The van der Waals surface area contributed by atoms with Crippen LogP contribution in [0.25, 0.3) is 88.0 Å². The first-order chi connectivity index (χ1) is 24.3. The third kappa shape index (κ3) is 2.91. The largest absolute Gasteiger partial charge is 0.244 e. The maximum Gasteiger partial charge on any atom is 0.244 e. The summed E-state index contributed by atoms with van der Waals surface area (Å²) in [7, 11) is 0. The third-order valence-corrected chi connectivity index (χ3v) is 13.2. The molecule has 0 spiro atoms. The minimum absolute atomic E-state index is 0.224. The highest BCUT2D eigenvalue weighted by Gasteiger charge is 2.44. The molecule has 0 bridgehead atoms. The summed E-state index contributed by atoms with van der Waals surface area (Å²) >= 11 is 2.64. The van der Waals surface area contributed by atoms with Crippen molar-refractivity contribution < 1.29 is 0 Å². The van der Waals surface area contributed by atoms with Crippen LogP contribution in [0, 0.1) is 3.57 Å². The Bertz CT molecular complexity index is 3010. The predicted octanol–water partition coefficient (Wildman–Crippen LogP) is 7.81. The highest BCUT2D eigenvalue weighted by molar-refractivity contribution is 14.1. The average Bonchev–Trinajstić information content (AvgIpc) is 3.68. The van der Waals surface area contributed by atoms with Crippen LogP contribution in [0.1, 0.15) is 0 Å². The topological polar surface area (TPSA) is 0 Å². The second-order valence-corrected chi connectivity index (χ2v) is 15.5. The summed E-state index contributed by atoms with van der Waals surface area (Å²) in [5, 5.41) is 8.54. The van der Waals surface area contributed by atoms with Crippen LogP contribution in [-0.4, -0.2) is 13.4 Å². The quantitative estimate of drug-likeness (QED) is 0.0922. The van der Waals surface area contributed by atoms with Gasteiger partial charge >= 0.3 is 0 Å². The SMILES string of the molecule is Ic1cc2c3c(cc4c(-c5ccccc5)cc5c6c(cc1c3c46)B1c3ccccc3-c3cccc-5c31)B1c3ccccc3-c3cccc-2c31. The fraction of sp³-hybridized carbons (Fsp3) is 0. The van der Waals surface area contributed by atoms with Crippen molar-refractivity contribution in [3.63, 3.8) is 0 Å². The van der Waals surface area contributed by atoms with E-state index in [1.54, 1.807) is 0 Å². The van der Waals surface area contributed by atoms with Gasteiger partial charge in [-0.25, -0.2) is 0 Å². The monoisotopic (exact) mass is 724 g/mol. The lowest BCUT2D eigenvalue weighted by Crippen LogP contribution is -2.52. The summed E-state index contributed by atoms with van der Waals surface area (Å²) in [4.78, 5) is 0. The smallest absolute Gasteiger partial charge is 0.0664 e. The van der Waals surface area contributed by atoms with E-state index in [2.05, 4.69) is 162 Å². The molecule has 0 atom stereocenters. The van der Waals surface area contributed by atoms with E-state index in [1.165, 1.54) is 124 Å². The number of hydrogen-bond donors (Lipinski definition) is 0. The first-order valence-corrected chi connectivity index (χ1v) is 18.4. The molecule has 4 aliphatic rings. The average molecular weight is 724 g/mol. The Kier molecular flexibility index (Phi) is 4.60. The van der Waals surface area contributed by atoms with Gasteiger partial charge < -0.3 is 0 Å². The van der Waals surface area contributed by atoms with Gasteiger partial charge in [-0.05, 0) is 123 Å². The molecule has 0 aromatic heterocycles. The summed E-state index contributed by atoms with van der Waals surface area (Å²) in [5.74, 6) is 0. The van der Waals surface area contributed by atoms with Crippen molar-refractivity contribution in [2.45, 2.75) is 0 Å². The predicted molar refractivity (Wildman–Crippen MR) is 219 cm³/mol. The third-order valence-electron chi connectivity index (χ3n) is 12.3. The molecule has 0 fully saturated rings. The summed E-state index contributed by atoms with van der Waals surface area (Å²) in [5.41, 5.74) is 22.5. The highest BCUT2D eigenvalue weighted by atomic mass is 127. The van der Waals surface area contributed by atoms with Crippen molar-refractivity contribution in [1.29, 1.82) is 0 Å². The molecule has 0 aliphatic carbocycles. The van der Waals surface area contributed by atoms with Gasteiger partial charge in [0.2, 0.25) is 13.4 Å². The molecule has 0 N–H and O–H groups in total. The van der Waals surface area contributed by atoms with Gasteiger partial charge in [0, 0.05) is 3.57 Å². The van der Waals surface area contributed by atoms with Crippen LogP contribution < -0.4 is 32.8 Å². The van der Waals surface area contributed by atoms with Crippen LogP contribution in [-0.2, 0) is 0 Å². The van der Waals surface area contributed by atoms with Gasteiger partial charge in [0.1, 0.15) is 0 Å². The molecule has 13 rings (SSSR count). The van der Waals surface area contributed by atoms with E-state index in [1.807, 2.05) is 0 Å². The number of hydrogen-bond acceptors (Lipinski definition) is 0. The molecular formula is C46H23B2I. The Morgan fingerprint density at radius 3 is 1.41 bits per heavy atom.